The number of rotatable bonds is 2. The van der Waals surface area contributed by atoms with Gasteiger partial charge in [-0.2, -0.15) is 0 Å². The van der Waals surface area contributed by atoms with Crippen molar-refractivity contribution in [3.05, 3.63) is 40.5 Å². The van der Waals surface area contributed by atoms with Gasteiger partial charge in [-0.3, -0.25) is 0 Å². The van der Waals surface area contributed by atoms with E-state index >= 15 is 0 Å². The number of fused-ring (bicyclic) bond motifs is 1. The Hall–Kier alpha value is -1.36. The van der Waals surface area contributed by atoms with Gasteiger partial charge in [-0.25, -0.2) is 22.5 Å². The fraction of sp³-hybridized carbons (Fsp3) is 0.182. The molecule has 0 fully saturated rings. The average molecular weight is 264 g/mol. The van der Waals surface area contributed by atoms with Crippen molar-refractivity contribution < 1.29 is 17.6 Å². The normalized spacial score (nSPS) is 11.7. The van der Waals surface area contributed by atoms with Crippen LogP contribution in [0.3, 0.4) is 0 Å². The maximum atomic E-state index is 12.7. The molecule has 17 heavy (non-hydrogen) atoms. The summed E-state index contributed by atoms with van der Waals surface area (Å²) in [5.41, 5.74) is -1.67. The lowest BCUT2D eigenvalue weighted by atomic mass is 10.1. The molecule has 1 aromatic carbocycles. The predicted molar refractivity (Wildman–Crippen MR) is 56.7 cm³/mol. The van der Waals surface area contributed by atoms with Crippen molar-refractivity contribution >= 4 is 22.5 Å². The minimum Gasteiger partial charge on any atom is -0.246 e. The average Bonchev–Trinajstić information content (AvgIpc) is 2.28. The fourth-order valence-corrected chi connectivity index (χ4v) is 1.92. The third-order valence-corrected chi connectivity index (χ3v) is 2.73. The molecule has 0 bridgehead atoms. The maximum absolute atomic E-state index is 12.7. The first-order chi connectivity index (χ1) is 8.02. The van der Waals surface area contributed by atoms with Gasteiger partial charge in [-0.1, -0.05) is 29.8 Å². The Bertz CT molecular complexity index is 556. The van der Waals surface area contributed by atoms with Gasteiger partial charge in [0.1, 0.15) is 5.69 Å². The van der Waals surface area contributed by atoms with Gasteiger partial charge < -0.3 is 0 Å². The number of benzene rings is 1. The second-order valence-electron chi connectivity index (χ2n) is 3.34. The van der Waals surface area contributed by atoms with Crippen LogP contribution in [0.1, 0.15) is 24.1 Å². The molecule has 1 aromatic heterocycles. The van der Waals surface area contributed by atoms with Crippen molar-refractivity contribution in [1.82, 2.24) is 4.98 Å². The highest BCUT2D eigenvalue weighted by molar-refractivity contribution is 6.36. The molecule has 0 aliphatic carbocycles. The van der Waals surface area contributed by atoms with Crippen LogP contribution in [-0.2, 0) is 0 Å². The first kappa shape index (κ1) is 12.1. The molecule has 2 aromatic rings. The van der Waals surface area contributed by atoms with E-state index in [9.17, 15) is 17.6 Å². The predicted octanol–water partition coefficient (Wildman–Crippen LogP) is 4.76. The van der Waals surface area contributed by atoms with E-state index < -0.39 is 24.1 Å². The minimum atomic E-state index is -3.08. The van der Waals surface area contributed by atoms with Gasteiger partial charge in [0.05, 0.1) is 16.1 Å². The van der Waals surface area contributed by atoms with Crippen LogP contribution in [0.4, 0.5) is 17.6 Å². The largest absolute Gasteiger partial charge is 0.280 e. The van der Waals surface area contributed by atoms with Crippen molar-refractivity contribution in [3.63, 3.8) is 0 Å². The molecular formula is C11H6ClF4N. The number of pyridine rings is 1. The van der Waals surface area contributed by atoms with Crippen LogP contribution < -0.4 is 0 Å². The lowest BCUT2D eigenvalue weighted by molar-refractivity contribution is 0.121. The lowest BCUT2D eigenvalue weighted by Gasteiger charge is -2.11. The molecule has 0 saturated carbocycles. The van der Waals surface area contributed by atoms with Gasteiger partial charge >= 0.3 is 0 Å². The molecule has 0 spiro atoms. The maximum Gasteiger partial charge on any atom is 0.280 e. The Morgan fingerprint density at radius 1 is 1.00 bits per heavy atom. The number of nitrogens with zero attached hydrogens (tertiary/aromatic N) is 1. The number of hydrogen-bond acceptors (Lipinski definition) is 1. The van der Waals surface area contributed by atoms with Crippen molar-refractivity contribution in [2.45, 2.75) is 12.9 Å². The Morgan fingerprint density at radius 3 is 2.24 bits per heavy atom. The SMILES string of the molecule is FC(F)c1nc2ccccc2c(Cl)c1C(F)F. The fourth-order valence-electron chi connectivity index (χ4n) is 1.58. The monoisotopic (exact) mass is 263 g/mol. The van der Waals surface area contributed by atoms with Crippen LogP contribution in [0.2, 0.25) is 5.02 Å². The minimum absolute atomic E-state index is 0.178. The third kappa shape index (κ3) is 2.07. The highest BCUT2D eigenvalue weighted by Gasteiger charge is 2.26. The Morgan fingerprint density at radius 2 is 1.65 bits per heavy atom. The summed E-state index contributed by atoms with van der Waals surface area (Å²) in [6.45, 7) is 0. The zero-order valence-electron chi connectivity index (χ0n) is 8.30. The number of para-hydroxylation sites is 1. The van der Waals surface area contributed by atoms with Crippen molar-refractivity contribution in [2.75, 3.05) is 0 Å². The van der Waals surface area contributed by atoms with Gasteiger partial charge in [-0.15, -0.1) is 0 Å². The molecule has 0 N–H and O–H groups in total. The van der Waals surface area contributed by atoms with E-state index in [0.717, 1.165) is 0 Å². The summed E-state index contributed by atoms with van der Waals surface area (Å²) >= 11 is 5.73. The topological polar surface area (TPSA) is 12.9 Å². The second kappa shape index (κ2) is 4.49. The summed E-state index contributed by atoms with van der Waals surface area (Å²) in [5.74, 6) is 0. The van der Waals surface area contributed by atoms with Crippen LogP contribution in [0.25, 0.3) is 10.9 Å². The Kier molecular flexibility index (Phi) is 3.19. The molecule has 0 unspecified atom stereocenters. The third-order valence-electron chi connectivity index (χ3n) is 2.32. The van der Waals surface area contributed by atoms with E-state index in [1.54, 1.807) is 12.1 Å². The first-order valence-corrected chi connectivity index (χ1v) is 5.04. The summed E-state index contributed by atoms with van der Waals surface area (Å²) in [4.78, 5) is 3.54. The van der Waals surface area contributed by atoms with Crippen LogP contribution in [0.15, 0.2) is 24.3 Å². The quantitative estimate of drug-likeness (QED) is 0.712. The summed E-state index contributed by atoms with van der Waals surface area (Å²) in [7, 11) is 0. The Balaban J connectivity index is 2.84. The van der Waals surface area contributed by atoms with Gasteiger partial charge in [0.25, 0.3) is 12.9 Å². The summed E-state index contributed by atoms with van der Waals surface area (Å²) in [6.07, 6.45) is -6.16. The van der Waals surface area contributed by atoms with Crippen molar-refractivity contribution in [1.29, 1.82) is 0 Å². The zero-order valence-corrected chi connectivity index (χ0v) is 9.06. The van der Waals surface area contributed by atoms with Crippen LogP contribution >= 0.6 is 11.6 Å². The molecule has 0 aliphatic rings. The highest BCUT2D eigenvalue weighted by atomic mass is 35.5. The second-order valence-corrected chi connectivity index (χ2v) is 3.72. The van der Waals surface area contributed by atoms with E-state index in [1.165, 1.54) is 12.1 Å². The van der Waals surface area contributed by atoms with E-state index in [4.69, 9.17) is 11.6 Å². The molecule has 90 valence electrons. The number of aromatic nitrogens is 1. The van der Waals surface area contributed by atoms with Crippen LogP contribution in [-0.4, -0.2) is 4.98 Å². The highest BCUT2D eigenvalue weighted by Crippen LogP contribution is 2.38. The first-order valence-electron chi connectivity index (χ1n) is 4.66. The smallest absolute Gasteiger partial charge is 0.246 e. The number of alkyl halides is 4. The number of hydrogen-bond donors (Lipinski definition) is 0. The zero-order chi connectivity index (χ0) is 12.6. The number of halogens is 5. The molecule has 0 radical (unpaired) electrons. The lowest BCUT2D eigenvalue weighted by Crippen LogP contribution is -2.01. The van der Waals surface area contributed by atoms with E-state index in [0.29, 0.717) is 0 Å². The standard InChI is InChI=1S/C11H6ClF4N/c12-8-5-3-1-2-4-6(5)17-9(11(15)16)7(8)10(13)14/h1-4,10-11H. The van der Waals surface area contributed by atoms with Gasteiger partial charge in [0.2, 0.25) is 0 Å². The molecule has 1 heterocycles. The molecule has 6 heteroatoms. The van der Waals surface area contributed by atoms with E-state index in [1.807, 2.05) is 0 Å². The van der Waals surface area contributed by atoms with Gasteiger partial charge in [0, 0.05) is 5.39 Å². The van der Waals surface area contributed by atoms with Crippen LogP contribution in [0, 0.1) is 0 Å². The molecule has 1 nitrogen and oxygen atoms in total. The van der Waals surface area contributed by atoms with Gasteiger partial charge in [-0.05, 0) is 6.07 Å². The van der Waals surface area contributed by atoms with E-state index in [2.05, 4.69) is 4.98 Å². The molecule has 0 amide bonds. The molecule has 0 saturated heterocycles. The summed E-state index contributed by atoms with van der Waals surface area (Å²) < 4.78 is 50.7. The molecule has 2 rings (SSSR count). The summed E-state index contributed by atoms with van der Waals surface area (Å²) in [6, 6.07) is 6.06. The van der Waals surface area contributed by atoms with E-state index in [-0.39, 0.29) is 15.9 Å². The summed E-state index contributed by atoms with van der Waals surface area (Å²) in [5, 5.41) is -0.116. The van der Waals surface area contributed by atoms with Crippen molar-refractivity contribution in [2.24, 2.45) is 0 Å². The van der Waals surface area contributed by atoms with Crippen LogP contribution in [0.5, 0.6) is 0 Å². The molecular weight excluding hydrogens is 258 g/mol. The molecule has 0 aliphatic heterocycles. The molecule has 0 atom stereocenters. The van der Waals surface area contributed by atoms with Crippen molar-refractivity contribution in [3.8, 4) is 0 Å². The van der Waals surface area contributed by atoms with Gasteiger partial charge in [0.15, 0.2) is 0 Å². The Labute approximate surface area is 99.0 Å².